The molecule has 1 aromatic carbocycles. The third-order valence-electron chi connectivity index (χ3n) is 5.34. The minimum atomic E-state index is -1.81. The number of halogens is 1. The van der Waals surface area contributed by atoms with Gasteiger partial charge in [0.25, 0.3) is 11.8 Å². The van der Waals surface area contributed by atoms with E-state index in [2.05, 4.69) is 10.1 Å². The quantitative estimate of drug-likeness (QED) is 0.783. The average molecular weight is 389 g/mol. The van der Waals surface area contributed by atoms with E-state index in [0.717, 1.165) is 18.4 Å². The van der Waals surface area contributed by atoms with Crippen molar-refractivity contribution in [1.29, 1.82) is 0 Å². The molecule has 2 fully saturated rings. The monoisotopic (exact) mass is 389 g/mol. The van der Waals surface area contributed by atoms with Crippen molar-refractivity contribution < 1.29 is 23.2 Å². The Labute approximate surface area is 162 Å². The maximum absolute atomic E-state index is 15.4. The molecule has 0 bridgehead atoms. The van der Waals surface area contributed by atoms with Crippen LogP contribution >= 0.6 is 0 Å². The van der Waals surface area contributed by atoms with Crippen LogP contribution in [0.4, 0.5) is 4.39 Å². The van der Waals surface area contributed by atoms with Crippen molar-refractivity contribution >= 4 is 5.91 Å². The molecule has 1 aromatic heterocycles. The molecule has 4 rings (SSSR count). The summed E-state index contributed by atoms with van der Waals surface area (Å²) in [6.45, 7) is 3.32. The molecule has 2 saturated heterocycles. The summed E-state index contributed by atoms with van der Waals surface area (Å²) >= 11 is 0. The first-order valence-corrected chi connectivity index (χ1v) is 9.61. The minimum absolute atomic E-state index is 0.0381. The molecule has 1 atom stereocenters. The summed E-state index contributed by atoms with van der Waals surface area (Å²) in [5, 5.41) is 3.97. The number of nitrogens with zero attached hydrogens (tertiary/aromatic N) is 3. The lowest BCUT2D eigenvalue weighted by Crippen LogP contribution is -2.35. The van der Waals surface area contributed by atoms with Crippen LogP contribution in [-0.2, 0) is 15.2 Å². The first-order chi connectivity index (χ1) is 13.5. The smallest absolute Gasteiger partial charge is 0.266 e. The number of hydrogen-bond donors (Lipinski definition) is 0. The summed E-state index contributed by atoms with van der Waals surface area (Å²) < 4.78 is 31.5. The van der Waals surface area contributed by atoms with Gasteiger partial charge in [0.15, 0.2) is 12.4 Å². The Balaban J connectivity index is 1.35. The first-order valence-electron chi connectivity index (χ1n) is 9.61. The van der Waals surface area contributed by atoms with E-state index in [4.69, 9.17) is 14.0 Å². The molecule has 0 radical (unpaired) electrons. The van der Waals surface area contributed by atoms with Gasteiger partial charge in [0.1, 0.15) is 5.75 Å². The van der Waals surface area contributed by atoms with Gasteiger partial charge in [-0.3, -0.25) is 4.79 Å². The fourth-order valence-corrected chi connectivity index (χ4v) is 3.64. The van der Waals surface area contributed by atoms with E-state index < -0.39 is 5.67 Å². The van der Waals surface area contributed by atoms with Gasteiger partial charge in [0, 0.05) is 32.1 Å². The van der Waals surface area contributed by atoms with Gasteiger partial charge in [0.05, 0.1) is 6.54 Å². The third-order valence-corrected chi connectivity index (χ3v) is 5.34. The lowest BCUT2D eigenvalue weighted by Gasteiger charge is -2.19. The number of aryl methyl sites for hydroxylation is 1. The average Bonchev–Trinajstić information content (AvgIpc) is 3.35. The summed E-state index contributed by atoms with van der Waals surface area (Å²) in [5.41, 5.74) is -0.763. The third kappa shape index (κ3) is 4.01. The lowest BCUT2D eigenvalue weighted by atomic mass is 9.99. The van der Waals surface area contributed by atoms with Gasteiger partial charge in [-0.25, -0.2) is 4.39 Å². The summed E-state index contributed by atoms with van der Waals surface area (Å²) in [4.78, 5) is 18.2. The normalized spacial score (nSPS) is 23.1. The van der Waals surface area contributed by atoms with Gasteiger partial charge < -0.3 is 18.9 Å². The van der Waals surface area contributed by atoms with Crippen LogP contribution in [0.2, 0.25) is 0 Å². The van der Waals surface area contributed by atoms with Crippen molar-refractivity contribution in [2.24, 2.45) is 0 Å². The summed E-state index contributed by atoms with van der Waals surface area (Å²) in [6.07, 6.45) is 1.75. The maximum atomic E-state index is 15.4. The highest BCUT2D eigenvalue weighted by Gasteiger charge is 2.46. The van der Waals surface area contributed by atoms with Crippen LogP contribution in [0.25, 0.3) is 0 Å². The molecule has 2 aliphatic rings. The van der Waals surface area contributed by atoms with E-state index >= 15 is 4.39 Å². The number of ether oxygens (including phenoxy) is 2. The molecule has 2 aromatic rings. The number of hydrogen-bond acceptors (Lipinski definition) is 6. The van der Waals surface area contributed by atoms with Gasteiger partial charge in [-0.1, -0.05) is 17.3 Å². The number of alkyl halides is 1. The van der Waals surface area contributed by atoms with Crippen molar-refractivity contribution in [2.75, 3.05) is 32.9 Å². The zero-order valence-corrected chi connectivity index (χ0v) is 15.9. The van der Waals surface area contributed by atoms with E-state index in [9.17, 15) is 4.79 Å². The Bertz CT molecular complexity index is 836. The molecule has 0 aliphatic carbocycles. The highest BCUT2D eigenvalue weighted by molar-refractivity contribution is 5.78. The zero-order chi connectivity index (χ0) is 19.6. The van der Waals surface area contributed by atoms with E-state index in [1.807, 2.05) is 25.1 Å². The van der Waals surface area contributed by atoms with E-state index in [1.165, 1.54) is 4.90 Å². The molecule has 28 heavy (non-hydrogen) atoms. The summed E-state index contributed by atoms with van der Waals surface area (Å²) in [5.74, 6) is 0.991. The SMILES string of the molecule is Cc1cccc(OCC(=O)N2CCC(F)(c3nc(C4CCOCC4)no3)C2)c1. The number of likely N-dealkylation sites (tertiary alicyclic amines) is 1. The number of rotatable bonds is 5. The van der Waals surface area contributed by atoms with Crippen LogP contribution in [0.3, 0.4) is 0 Å². The van der Waals surface area contributed by atoms with E-state index in [-0.39, 0.29) is 37.3 Å². The van der Waals surface area contributed by atoms with Crippen molar-refractivity contribution in [1.82, 2.24) is 15.0 Å². The predicted molar refractivity (Wildman–Crippen MR) is 97.7 cm³/mol. The van der Waals surface area contributed by atoms with Crippen LogP contribution in [-0.4, -0.2) is 53.9 Å². The van der Waals surface area contributed by atoms with E-state index in [1.54, 1.807) is 6.07 Å². The molecule has 8 heteroatoms. The zero-order valence-electron chi connectivity index (χ0n) is 15.9. The van der Waals surface area contributed by atoms with Crippen molar-refractivity contribution in [3.63, 3.8) is 0 Å². The van der Waals surface area contributed by atoms with Gasteiger partial charge >= 0.3 is 0 Å². The van der Waals surface area contributed by atoms with Gasteiger partial charge in [-0.05, 0) is 37.5 Å². The second kappa shape index (κ2) is 7.87. The Morgan fingerprint density at radius 2 is 2.21 bits per heavy atom. The topological polar surface area (TPSA) is 77.7 Å². The Hall–Kier alpha value is -2.48. The van der Waals surface area contributed by atoms with E-state index in [0.29, 0.717) is 31.3 Å². The largest absolute Gasteiger partial charge is 0.484 e. The molecule has 2 aliphatic heterocycles. The molecular weight excluding hydrogens is 365 g/mol. The second-order valence-corrected chi connectivity index (χ2v) is 7.48. The number of carbonyl (C=O) groups is 1. The fourth-order valence-electron chi connectivity index (χ4n) is 3.64. The minimum Gasteiger partial charge on any atom is -0.484 e. The van der Waals surface area contributed by atoms with Crippen LogP contribution in [0.5, 0.6) is 5.75 Å². The van der Waals surface area contributed by atoms with Gasteiger partial charge in [0.2, 0.25) is 5.67 Å². The summed E-state index contributed by atoms with van der Waals surface area (Å²) in [6, 6.07) is 7.46. The highest BCUT2D eigenvalue weighted by atomic mass is 19.1. The van der Waals surface area contributed by atoms with Gasteiger partial charge in [-0.2, -0.15) is 4.98 Å². The highest BCUT2D eigenvalue weighted by Crippen LogP contribution is 2.36. The van der Waals surface area contributed by atoms with Crippen LogP contribution in [0, 0.1) is 6.92 Å². The molecular formula is C20H24FN3O4. The van der Waals surface area contributed by atoms with Crippen molar-refractivity contribution in [3.05, 3.63) is 41.5 Å². The number of carbonyl (C=O) groups excluding carboxylic acids is 1. The Kier molecular flexibility index (Phi) is 5.30. The maximum Gasteiger partial charge on any atom is 0.266 e. The van der Waals surface area contributed by atoms with Crippen LogP contribution < -0.4 is 4.74 Å². The molecule has 1 amide bonds. The number of aromatic nitrogens is 2. The first kappa shape index (κ1) is 18.9. The molecule has 7 nitrogen and oxygen atoms in total. The molecule has 0 N–H and O–H groups in total. The van der Waals surface area contributed by atoms with Crippen molar-refractivity contribution in [3.8, 4) is 5.75 Å². The second-order valence-electron chi connectivity index (χ2n) is 7.48. The number of benzene rings is 1. The van der Waals surface area contributed by atoms with Crippen LogP contribution in [0.1, 0.15) is 42.5 Å². The molecule has 1 unspecified atom stereocenters. The molecule has 150 valence electrons. The van der Waals surface area contributed by atoms with Gasteiger partial charge in [-0.15, -0.1) is 0 Å². The summed E-state index contributed by atoms with van der Waals surface area (Å²) in [7, 11) is 0. The molecule has 0 saturated carbocycles. The molecule has 3 heterocycles. The standard InChI is InChI=1S/C20H24FN3O4/c1-14-3-2-4-16(11-14)27-12-17(25)24-8-7-20(21,13-24)19-22-18(23-28-19)15-5-9-26-10-6-15/h2-4,11,15H,5-10,12-13H2,1H3. The Morgan fingerprint density at radius 1 is 1.39 bits per heavy atom. The fraction of sp³-hybridized carbons (Fsp3) is 0.550. The molecule has 0 spiro atoms. The van der Waals surface area contributed by atoms with Crippen LogP contribution in [0.15, 0.2) is 28.8 Å². The van der Waals surface area contributed by atoms with Crippen molar-refractivity contribution in [2.45, 2.75) is 37.8 Å². The Morgan fingerprint density at radius 3 is 3.00 bits per heavy atom. The lowest BCUT2D eigenvalue weighted by molar-refractivity contribution is -0.133. The number of amides is 1. The predicted octanol–water partition coefficient (Wildman–Crippen LogP) is 2.75.